The fourth-order valence-electron chi connectivity index (χ4n) is 2.95. The summed E-state index contributed by atoms with van der Waals surface area (Å²) in [7, 11) is 0. The first kappa shape index (κ1) is 16.1. The van der Waals surface area contributed by atoms with Crippen molar-refractivity contribution in [1.82, 2.24) is 10.3 Å². The van der Waals surface area contributed by atoms with Gasteiger partial charge in [0.1, 0.15) is 5.69 Å². The molecule has 1 saturated carbocycles. The number of ether oxygens (including phenoxy) is 1. The van der Waals surface area contributed by atoms with Gasteiger partial charge >= 0.3 is 0 Å². The number of hydrogen-bond acceptors (Lipinski definition) is 4. The Labute approximate surface area is 140 Å². The summed E-state index contributed by atoms with van der Waals surface area (Å²) in [6, 6.07) is 10.2. The minimum atomic E-state index is -0.0884. The van der Waals surface area contributed by atoms with Crippen LogP contribution in [-0.4, -0.2) is 23.0 Å². The Bertz CT molecular complexity index is 641. The number of carbonyl (C=O) groups excluding carboxylic acids is 1. The molecular weight excluding hydrogens is 308 g/mol. The summed E-state index contributed by atoms with van der Waals surface area (Å²) in [4.78, 5) is 16.6. The maximum Gasteiger partial charge on any atom is 0.271 e. The van der Waals surface area contributed by atoms with Gasteiger partial charge < -0.3 is 10.1 Å². The molecule has 0 aliphatic heterocycles. The van der Waals surface area contributed by atoms with Gasteiger partial charge in [0, 0.05) is 5.38 Å². The van der Waals surface area contributed by atoms with Crippen molar-refractivity contribution in [3.63, 3.8) is 0 Å². The van der Waals surface area contributed by atoms with Crippen LogP contribution in [0.1, 0.15) is 46.7 Å². The van der Waals surface area contributed by atoms with Crippen LogP contribution in [0.3, 0.4) is 0 Å². The lowest BCUT2D eigenvalue weighted by molar-refractivity contribution is -0.00465. The van der Waals surface area contributed by atoms with Gasteiger partial charge in [-0.15, -0.1) is 11.3 Å². The number of aromatic nitrogens is 1. The number of thiazole rings is 1. The first-order valence-corrected chi connectivity index (χ1v) is 8.99. The molecule has 1 aromatic carbocycles. The molecule has 1 fully saturated rings. The van der Waals surface area contributed by atoms with Gasteiger partial charge in [-0.3, -0.25) is 4.79 Å². The molecule has 0 bridgehead atoms. The van der Waals surface area contributed by atoms with E-state index >= 15 is 0 Å². The number of amides is 1. The topological polar surface area (TPSA) is 51.2 Å². The molecule has 4 nitrogen and oxygen atoms in total. The third-order valence-electron chi connectivity index (χ3n) is 4.18. The van der Waals surface area contributed by atoms with Gasteiger partial charge in [0.05, 0.1) is 23.8 Å². The van der Waals surface area contributed by atoms with Gasteiger partial charge in [-0.25, -0.2) is 4.98 Å². The number of hydrogen-bond donors (Lipinski definition) is 1. The highest BCUT2D eigenvalue weighted by atomic mass is 32.1. The van der Waals surface area contributed by atoms with E-state index in [1.54, 1.807) is 0 Å². The Hall–Kier alpha value is -1.72. The van der Waals surface area contributed by atoms with Crippen LogP contribution in [0.4, 0.5) is 0 Å². The molecule has 2 aromatic rings. The Kier molecular flexibility index (Phi) is 5.41. The molecule has 1 heterocycles. The fourth-order valence-corrected chi connectivity index (χ4v) is 3.54. The van der Waals surface area contributed by atoms with E-state index in [4.69, 9.17) is 4.74 Å². The van der Waals surface area contributed by atoms with Crippen molar-refractivity contribution in [3.8, 4) is 0 Å². The van der Waals surface area contributed by atoms with E-state index in [1.165, 1.54) is 16.9 Å². The predicted octanol–water partition coefficient (Wildman–Crippen LogP) is 3.71. The second-order valence-corrected chi connectivity index (χ2v) is 7.01. The average Bonchev–Trinajstić information content (AvgIpc) is 3.02. The van der Waals surface area contributed by atoms with Crippen molar-refractivity contribution in [2.24, 2.45) is 0 Å². The van der Waals surface area contributed by atoms with Gasteiger partial charge in [-0.2, -0.15) is 0 Å². The molecule has 1 aliphatic rings. The summed E-state index contributed by atoms with van der Waals surface area (Å²) < 4.78 is 6.09. The third kappa shape index (κ3) is 4.39. The Balaban J connectivity index is 1.58. The van der Waals surface area contributed by atoms with Crippen molar-refractivity contribution in [2.75, 3.05) is 0 Å². The molecule has 1 aromatic heterocycles. The number of benzene rings is 1. The van der Waals surface area contributed by atoms with E-state index in [1.807, 2.05) is 30.5 Å². The van der Waals surface area contributed by atoms with E-state index in [-0.39, 0.29) is 18.1 Å². The largest absolute Gasteiger partial charge is 0.371 e. The van der Waals surface area contributed by atoms with E-state index in [0.29, 0.717) is 12.3 Å². The molecule has 1 aliphatic carbocycles. The zero-order valence-corrected chi connectivity index (χ0v) is 14.1. The molecule has 1 N–H and O–H groups in total. The van der Waals surface area contributed by atoms with Crippen molar-refractivity contribution in [3.05, 3.63) is 52.0 Å². The molecule has 0 saturated heterocycles. The van der Waals surface area contributed by atoms with Crippen molar-refractivity contribution in [1.29, 1.82) is 0 Å². The monoisotopic (exact) mass is 330 g/mol. The lowest BCUT2D eigenvalue weighted by atomic mass is 9.92. The highest BCUT2D eigenvalue weighted by molar-refractivity contribution is 7.09. The number of rotatable bonds is 5. The van der Waals surface area contributed by atoms with Crippen LogP contribution in [-0.2, 0) is 11.3 Å². The van der Waals surface area contributed by atoms with E-state index in [0.717, 1.165) is 30.7 Å². The van der Waals surface area contributed by atoms with Gasteiger partial charge in [-0.05, 0) is 25.3 Å². The summed E-state index contributed by atoms with van der Waals surface area (Å²) in [5, 5.41) is 5.84. The van der Waals surface area contributed by atoms with Crippen LogP contribution in [0.5, 0.6) is 0 Å². The molecule has 0 unspecified atom stereocenters. The fraction of sp³-hybridized carbons (Fsp3) is 0.444. The molecule has 2 atom stereocenters. The van der Waals surface area contributed by atoms with Gasteiger partial charge in [0.25, 0.3) is 5.91 Å². The summed E-state index contributed by atoms with van der Waals surface area (Å²) >= 11 is 1.50. The molecule has 122 valence electrons. The summed E-state index contributed by atoms with van der Waals surface area (Å²) in [5.41, 5.74) is 1.68. The van der Waals surface area contributed by atoms with Gasteiger partial charge in [0.2, 0.25) is 0 Å². The minimum absolute atomic E-state index is 0.0713. The standard InChI is InChI=1S/C18H22N2O2S/c1-13-19-16(12-23-13)18(21)20-15-9-5-6-10-17(15)22-11-14-7-3-2-4-8-14/h2-4,7-8,12,15,17H,5-6,9-11H2,1H3,(H,20,21)/t15-,17-/m0/s1. The van der Waals surface area contributed by atoms with Crippen LogP contribution in [0, 0.1) is 6.92 Å². The SMILES string of the molecule is Cc1nc(C(=O)N[C@H]2CCCC[C@@H]2OCc2ccccc2)cs1. The Morgan fingerprint density at radius 2 is 2.09 bits per heavy atom. The Morgan fingerprint density at radius 1 is 1.30 bits per heavy atom. The highest BCUT2D eigenvalue weighted by Gasteiger charge is 2.28. The maximum absolute atomic E-state index is 12.3. The van der Waals surface area contributed by atoms with E-state index < -0.39 is 0 Å². The van der Waals surface area contributed by atoms with Crippen LogP contribution in [0.25, 0.3) is 0 Å². The smallest absolute Gasteiger partial charge is 0.271 e. The molecule has 0 radical (unpaired) electrons. The van der Waals surface area contributed by atoms with Crippen molar-refractivity contribution < 1.29 is 9.53 Å². The first-order valence-electron chi connectivity index (χ1n) is 8.11. The molecule has 23 heavy (non-hydrogen) atoms. The van der Waals surface area contributed by atoms with Crippen LogP contribution in [0.2, 0.25) is 0 Å². The summed E-state index contributed by atoms with van der Waals surface area (Å²) in [6.07, 6.45) is 4.32. The number of nitrogens with zero attached hydrogens (tertiary/aromatic N) is 1. The van der Waals surface area contributed by atoms with Crippen LogP contribution < -0.4 is 5.32 Å². The summed E-state index contributed by atoms with van der Waals surface area (Å²) in [5.74, 6) is -0.0884. The van der Waals surface area contributed by atoms with Crippen LogP contribution in [0.15, 0.2) is 35.7 Å². The van der Waals surface area contributed by atoms with E-state index in [2.05, 4.69) is 22.4 Å². The maximum atomic E-state index is 12.3. The average molecular weight is 330 g/mol. The Morgan fingerprint density at radius 3 is 2.83 bits per heavy atom. The zero-order chi connectivity index (χ0) is 16.1. The third-order valence-corrected chi connectivity index (χ3v) is 4.95. The van der Waals surface area contributed by atoms with Crippen molar-refractivity contribution >= 4 is 17.2 Å². The molecule has 3 rings (SSSR count). The molecule has 0 spiro atoms. The quantitative estimate of drug-likeness (QED) is 0.909. The minimum Gasteiger partial charge on any atom is -0.371 e. The number of nitrogens with one attached hydrogen (secondary N) is 1. The predicted molar refractivity (Wildman–Crippen MR) is 91.6 cm³/mol. The summed E-state index contributed by atoms with van der Waals surface area (Å²) in [6.45, 7) is 2.50. The number of carbonyl (C=O) groups is 1. The lowest BCUT2D eigenvalue weighted by Gasteiger charge is -2.32. The van der Waals surface area contributed by atoms with E-state index in [9.17, 15) is 4.79 Å². The second kappa shape index (κ2) is 7.70. The number of aryl methyl sites for hydroxylation is 1. The lowest BCUT2D eigenvalue weighted by Crippen LogP contribution is -2.46. The zero-order valence-electron chi connectivity index (χ0n) is 13.3. The van der Waals surface area contributed by atoms with Crippen molar-refractivity contribution in [2.45, 2.75) is 51.4 Å². The van der Waals surface area contributed by atoms with Gasteiger partial charge in [0.15, 0.2) is 0 Å². The van der Waals surface area contributed by atoms with Crippen LogP contribution >= 0.6 is 11.3 Å². The first-order chi connectivity index (χ1) is 11.2. The second-order valence-electron chi connectivity index (χ2n) is 5.95. The molecular formula is C18H22N2O2S. The highest BCUT2D eigenvalue weighted by Crippen LogP contribution is 2.23. The molecule has 5 heteroatoms. The van der Waals surface area contributed by atoms with Gasteiger partial charge in [-0.1, -0.05) is 43.2 Å². The molecule has 1 amide bonds. The normalized spacial score (nSPS) is 21.1.